The first-order valence-electron chi connectivity index (χ1n) is 6.19. The Labute approximate surface area is 97.2 Å². The third kappa shape index (κ3) is 2.25. The van der Waals surface area contributed by atoms with Crippen LogP contribution in [0.5, 0.6) is 0 Å². The van der Waals surface area contributed by atoms with E-state index in [4.69, 9.17) is 18.9 Å². The molecule has 0 aromatic rings. The van der Waals surface area contributed by atoms with Crippen molar-refractivity contribution < 1.29 is 18.9 Å². The summed E-state index contributed by atoms with van der Waals surface area (Å²) in [5.41, 5.74) is 0. The second-order valence-electron chi connectivity index (χ2n) is 4.62. The number of unbranched alkanes of at least 4 members (excludes halogenated alkanes) is 1. The van der Waals surface area contributed by atoms with Crippen LogP contribution in [-0.4, -0.2) is 44.9 Å². The van der Waals surface area contributed by atoms with Crippen molar-refractivity contribution in [2.45, 2.75) is 51.3 Å². The van der Waals surface area contributed by atoms with Gasteiger partial charge in [0.1, 0.15) is 6.10 Å². The Hall–Kier alpha value is -0.160. The zero-order valence-corrected chi connectivity index (χ0v) is 10.3. The summed E-state index contributed by atoms with van der Waals surface area (Å²) in [5, 5.41) is 0. The van der Waals surface area contributed by atoms with Crippen molar-refractivity contribution in [3.05, 3.63) is 0 Å². The largest absolute Gasteiger partial charge is 0.378 e. The van der Waals surface area contributed by atoms with E-state index < -0.39 is 0 Å². The van der Waals surface area contributed by atoms with E-state index in [0.29, 0.717) is 12.5 Å². The van der Waals surface area contributed by atoms with Crippen LogP contribution >= 0.6 is 0 Å². The summed E-state index contributed by atoms with van der Waals surface area (Å²) in [6.45, 7) is 5.71. The van der Waals surface area contributed by atoms with Gasteiger partial charge in [0.2, 0.25) is 0 Å². The molecule has 4 heteroatoms. The molecule has 2 unspecified atom stereocenters. The number of methoxy groups -OCH3 is 1. The van der Waals surface area contributed by atoms with Gasteiger partial charge in [0.15, 0.2) is 6.29 Å². The maximum Gasteiger partial charge on any atom is 0.186 e. The minimum absolute atomic E-state index is 0.0784. The third-order valence-corrected chi connectivity index (χ3v) is 3.51. The van der Waals surface area contributed by atoms with Gasteiger partial charge in [-0.05, 0) is 6.42 Å². The molecule has 2 fully saturated rings. The second-order valence-corrected chi connectivity index (χ2v) is 4.62. The highest BCUT2D eigenvalue weighted by Gasteiger charge is 2.49. The molecular formula is C12H22O4. The van der Waals surface area contributed by atoms with Crippen LogP contribution in [0.4, 0.5) is 0 Å². The van der Waals surface area contributed by atoms with Gasteiger partial charge in [0.25, 0.3) is 0 Å². The Kier molecular flexibility index (Phi) is 4.19. The molecule has 0 aromatic carbocycles. The summed E-state index contributed by atoms with van der Waals surface area (Å²) in [6.07, 6.45) is 2.14. The van der Waals surface area contributed by atoms with Gasteiger partial charge < -0.3 is 18.9 Å². The van der Waals surface area contributed by atoms with Crippen molar-refractivity contribution in [2.75, 3.05) is 20.3 Å². The van der Waals surface area contributed by atoms with Gasteiger partial charge in [0.05, 0.1) is 18.8 Å². The smallest absolute Gasteiger partial charge is 0.186 e. The molecule has 0 radical (unpaired) electrons. The molecule has 2 heterocycles. The topological polar surface area (TPSA) is 36.9 Å². The summed E-state index contributed by atoms with van der Waals surface area (Å²) in [4.78, 5) is 0. The van der Waals surface area contributed by atoms with Crippen molar-refractivity contribution in [1.29, 1.82) is 0 Å². The van der Waals surface area contributed by atoms with Crippen molar-refractivity contribution >= 4 is 0 Å². The summed E-state index contributed by atoms with van der Waals surface area (Å²) in [5.74, 6) is 0.329. The monoisotopic (exact) mass is 230 g/mol. The van der Waals surface area contributed by atoms with Crippen LogP contribution in [0.2, 0.25) is 0 Å². The van der Waals surface area contributed by atoms with E-state index in [-0.39, 0.29) is 24.6 Å². The lowest BCUT2D eigenvalue weighted by molar-refractivity contribution is -0.233. The fourth-order valence-corrected chi connectivity index (χ4v) is 2.44. The average molecular weight is 230 g/mol. The first-order chi connectivity index (χ1) is 7.77. The quantitative estimate of drug-likeness (QED) is 0.672. The summed E-state index contributed by atoms with van der Waals surface area (Å²) >= 11 is 0. The second kappa shape index (κ2) is 5.45. The van der Waals surface area contributed by atoms with Crippen molar-refractivity contribution in [1.82, 2.24) is 0 Å². The molecule has 2 bridgehead atoms. The molecule has 2 saturated heterocycles. The van der Waals surface area contributed by atoms with E-state index in [2.05, 4.69) is 13.8 Å². The highest BCUT2D eigenvalue weighted by atomic mass is 16.7. The molecule has 0 spiro atoms. The van der Waals surface area contributed by atoms with Crippen LogP contribution in [0.15, 0.2) is 0 Å². The Morgan fingerprint density at radius 2 is 2.12 bits per heavy atom. The zero-order chi connectivity index (χ0) is 11.5. The predicted octanol–water partition coefficient (Wildman–Crippen LogP) is 1.58. The molecular weight excluding hydrogens is 208 g/mol. The van der Waals surface area contributed by atoms with E-state index in [1.165, 1.54) is 0 Å². The molecule has 0 amide bonds. The maximum absolute atomic E-state index is 5.85. The maximum atomic E-state index is 5.85. The fourth-order valence-electron chi connectivity index (χ4n) is 2.44. The lowest BCUT2D eigenvalue weighted by atomic mass is 9.92. The van der Waals surface area contributed by atoms with Crippen molar-refractivity contribution in [3.63, 3.8) is 0 Å². The molecule has 2 aliphatic heterocycles. The standard InChI is InChI=1S/C12H22O4/c1-4-5-6-14-11-10(13-3)8(2)9-7-15-12(11)16-9/h8-12H,4-7H2,1-3H3/t8-,9?,10-,11?,12-/m1/s1. The highest BCUT2D eigenvalue weighted by Crippen LogP contribution is 2.35. The SMILES string of the molecule is CCCCOC1[C@@H]2OCC(O2)[C@@H](C)[C@H]1OC. The third-order valence-electron chi connectivity index (χ3n) is 3.51. The van der Waals surface area contributed by atoms with Gasteiger partial charge in [-0.2, -0.15) is 0 Å². The van der Waals surface area contributed by atoms with Gasteiger partial charge in [-0.15, -0.1) is 0 Å². The molecule has 0 aromatic heterocycles. The van der Waals surface area contributed by atoms with Gasteiger partial charge in [0, 0.05) is 19.6 Å². The van der Waals surface area contributed by atoms with Gasteiger partial charge in [-0.25, -0.2) is 0 Å². The van der Waals surface area contributed by atoms with Crippen LogP contribution in [0, 0.1) is 5.92 Å². The Bertz CT molecular complexity index is 221. The van der Waals surface area contributed by atoms with E-state index in [1.807, 2.05) is 0 Å². The minimum Gasteiger partial charge on any atom is -0.378 e. The Balaban J connectivity index is 1.96. The summed E-state index contributed by atoms with van der Waals surface area (Å²) < 4.78 is 22.7. The molecule has 4 nitrogen and oxygen atoms in total. The first-order valence-corrected chi connectivity index (χ1v) is 6.19. The normalized spacial score (nSPS) is 42.6. The number of hydrogen-bond acceptors (Lipinski definition) is 4. The number of fused-ring (bicyclic) bond motifs is 2. The minimum atomic E-state index is -0.233. The molecule has 2 aliphatic rings. The van der Waals surface area contributed by atoms with E-state index in [0.717, 1.165) is 19.4 Å². The first kappa shape index (κ1) is 12.3. The summed E-state index contributed by atoms with van der Waals surface area (Å²) in [7, 11) is 1.74. The number of rotatable bonds is 5. The van der Waals surface area contributed by atoms with E-state index in [9.17, 15) is 0 Å². The van der Waals surface area contributed by atoms with Crippen molar-refractivity contribution in [2.24, 2.45) is 5.92 Å². The molecule has 0 aliphatic carbocycles. The highest BCUT2D eigenvalue weighted by molar-refractivity contribution is 4.92. The van der Waals surface area contributed by atoms with E-state index in [1.54, 1.807) is 7.11 Å². The molecule has 16 heavy (non-hydrogen) atoms. The van der Waals surface area contributed by atoms with Crippen LogP contribution in [0.25, 0.3) is 0 Å². The Morgan fingerprint density at radius 1 is 1.31 bits per heavy atom. The lowest BCUT2D eigenvalue weighted by Gasteiger charge is -2.38. The molecule has 0 saturated carbocycles. The predicted molar refractivity (Wildman–Crippen MR) is 59.2 cm³/mol. The lowest BCUT2D eigenvalue weighted by Crippen LogP contribution is -2.51. The van der Waals surface area contributed by atoms with Gasteiger partial charge >= 0.3 is 0 Å². The van der Waals surface area contributed by atoms with Crippen LogP contribution < -0.4 is 0 Å². The van der Waals surface area contributed by atoms with Crippen LogP contribution in [-0.2, 0) is 18.9 Å². The number of hydrogen-bond donors (Lipinski definition) is 0. The summed E-state index contributed by atoms with van der Waals surface area (Å²) in [6, 6.07) is 0. The van der Waals surface area contributed by atoms with E-state index >= 15 is 0 Å². The molecule has 2 rings (SSSR count). The molecule has 0 N–H and O–H groups in total. The number of ether oxygens (including phenoxy) is 4. The van der Waals surface area contributed by atoms with Gasteiger partial charge in [-0.1, -0.05) is 20.3 Å². The molecule has 5 atom stereocenters. The molecule has 94 valence electrons. The average Bonchev–Trinajstić information content (AvgIpc) is 2.72. The Morgan fingerprint density at radius 3 is 2.81 bits per heavy atom. The van der Waals surface area contributed by atoms with Crippen LogP contribution in [0.1, 0.15) is 26.7 Å². The van der Waals surface area contributed by atoms with Crippen molar-refractivity contribution in [3.8, 4) is 0 Å². The zero-order valence-electron chi connectivity index (χ0n) is 10.3. The van der Waals surface area contributed by atoms with Crippen LogP contribution in [0.3, 0.4) is 0 Å². The van der Waals surface area contributed by atoms with Gasteiger partial charge in [-0.3, -0.25) is 0 Å². The fraction of sp³-hybridized carbons (Fsp3) is 1.00.